The summed E-state index contributed by atoms with van der Waals surface area (Å²) in [5.41, 5.74) is 26.1. The molecule has 2 aliphatic carbocycles. The molecular formula is C78H76BN3O2. The molecule has 16 rings (SSSR count). The summed E-state index contributed by atoms with van der Waals surface area (Å²) in [7, 11) is 0. The topological polar surface area (TPSA) is 36.0 Å². The Morgan fingerprint density at radius 3 is 1.70 bits per heavy atom. The lowest BCUT2D eigenvalue weighted by Crippen LogP contribution is -2.62. The van der Waals surface area contributed by atoms with Crippen molar-refractivity contribution in [1.82, 2.24) is 0 Å². The molecule has 11 aromatic rings. The summed E-state index contributed by atoms with van der Waals surface area (Å²) >= 11 is 0. The number of rotatable bonds is 4. The van der Waals surface area contributed by atoms with Crippen LogP contribution in [0.2, 0.25) is 0 Å². The molecule has 3 aliphatic heterocycles. The van der Waals surface area contributed by atoms with Gasteiger partial charge in [0.25, 0.3) is 6.71 Å². The smallest absolute Gasteiger partial charge is 0.252 e. The van der Waals surface area contributed by atoms with Crippen molar-refractivity contribution >= 4 is 112 Å². The van der Waals surface area contributed by atoms with E-state index in [-0.39, 0.29) is 39.3 Å². The summed E-state index contributed by atoms with van der Waals surface area (Å²) in [4.78, 5) is 8.24. The molecule has 0 N–H and O–H groups in total. The van der Waals surface area contributed by atoms with Gasteiger partial charge >= 0.3 is 0 Å². The Morgan fingerprint density at radius 2 is 1.01 bits per heavy atom. The van der Waals surface area contributed by atoms with Gasteiger partial charge in [-0.2, -0.15) is 0 Å². The fourth-order valence-electron chi connectivity index (χ4n) is 16.6. The molecule has 2 aromatic heterocycles. The quantitative estimate of drug-likeness (QED) is 0.164. The maximum Gasteiger partial charge on any atom is 0.252 e. The van der Waals surface area contributed by atoms with E-state index < -0.39 is 0 Å². The first kappa shape index (κ1) is 51.7. The molecule has 0 radical (unpaired) electrons. The van der Waals surface area contributed by atoms with E-state index in [9.17, 15) is 0 Å². The fraction of sp³-hybridized carbons (Fsp3) is 0.308. The Hall–Kier alpha value is -7.96. The number of nitrogens with zero attached hydrogens (tertiary/aromatic N) is 3. The van der Waals surface area contributed by atoms with E-state index in [1.807, 2.05) is 0 Å². The highest BCUT2D eigenvalue weighted by Gasteiger charge is 2.59. The first-order valence-corrected chi connectivity index (χ1v) is 31.1. The van der Waals surface area contributed by atoms with Crippen LogP contribution in [-0.2, 0) is 27.1 Å². The van der Waals surface area contributed by atoms with Crippen LogP contribution in [0.1, 0.15) is 149 Å². The summed E-state index contributed by atoms with van der Waals surface area (Å²) in [5.74, 6) is 0. The molecule has 9 aromatic carbocycles. The van der Waals surface area contributed by atoms with Crippen molar-refractivity contribution < 1.29 is 8.83 Å². The average Bonchev–Trinajstić information content (AvgIpc) is 1.25. The first-order valence-electron chi connectivity index (χ1n) is 31.1. The van der Waals surface area contributed by atoms with E-state index in [0.29, 0.717) is 0 Å². The van der Waals surface area contributed by atoms with Gasteiger partial charge < -0.3 is 23.5 Å². The molecule has 0 saturated heterocycles. The molecule has 84 heavy (non-hydrogen) atoms. The highest BCUT2D eigenvalue weighted by Crippen LogP contribution is 2.63. The number of hydrogen-bond donors (Lipinski definition) is 0. The maximum absolute atomic E-state index is 7.02. The molecular weight excluding hydrogens is 1020 g/mol. The number of hydrogen-bond acceptors (Lipinski definition) is 5. The predicted molar refractivity (Wildman–Crippen MR) is 356 cm³/mol. The lowest BCUT2D eigenvalue weighted by molar-refractivity contribution is 0.195. The van der Waals surface area contributed by atoms with Gasteiger partial charge in [0.05, 0.1) is 33.4 Å². The summed E-state index contributed by atoms with van der Waals surface area (Å²) < 4.78 is 13.9. The Labute approximate surface area is 496 Å². The molecule has 2 atom stereocenters. The van der Waals surface area contributed by atoms with Crippen LogP contribution in [0.4, 0.5) is 45.5 Å². The van der Waals surface area contributed by atoms with Crippen LogP contribution < -0.4 is 31.1 Å². The van der Waals surface area contributed by atoms with Crippen LogP contribution in [0.15, 0.2) is 179 Å². The molecule has 0 spiro atoms. The number of fused-ring (bicyclic) bond motifs is 15. The predicted octanol–water partition coefficient (Wildman–Crippen LogP) is 19.9. The second-order valence-electron chi connectivity index (χ2n) is 29.4. The molecule has 1 saturated carbocycles. The molecule has 2 unspecified atom stereocenters. The van der Waals surface area contributed by atoms with Crippen LogP contribution in [0, 0.1) is 0 Å². The van der Waals surface area contributed by atoms with E-state index >= 15 is 0 Å². The van der Waals surface area contributed by atoms with Gasteiger partial charge in [0.15, 0.2) is 0 Å². The van der Waals surface area contributed by atoms with E-state index in [2.05, 4.69) is 268 Å². The van der Waals surface area contributed by atoms with Gasteiger partial charge in [0, 0.05) is 50.2 Å². The van der Waals surface area contributed by atoms with Crippen molar-refractivity contribution in [3.05, 3.63) is 198 Å². The van der Waals surface area contributed by atoms with Gasteiger partial charge in [-0.15, -0.1) is 0 Å². The van der Waals surface area contributed by atoms with Gasteiger partial charge in [-0.25, -0.2) is 0 Å². The first-order chi connectivity index (χ1) is 40.1. The maximum atomic E-state index is 7.02. The number of para-hydroxylation sites is 2. The Morgan fingerprint density at radius 1 is 0.429 bits per heavy atom. The number of anilines is 8. The summed E-state index contributed by atoms with van der Waals surface area (Å²) in [6.45, 7) is 29.1. The zero-order chi connectivity index (χ0) is 57.8. The monoisotopic (exact) mass is 1100 g/mol. The van der Waals surface area contributed by atoms with Crippen molar-refractivity contribution in [2.24, 2.45) is 0 Å². The minimum Gasteiger partial charge on any atom is -0.456 e. The zero-order valence-corrected chi connectivity index (χ0v) is 51.1. The lowest BCUT2D eigenvalue weighted by atomic mass is 9.33. The minimum atomic E-state index is -0.230. The third-order valence-electron chi connectivity index (χ3n) is 21.6. The number of furan rings is 2. The number of benzene rings is 9. The largest absolute Gasteiger partial charge is 0.456 e. The van der Waals surface area contributed by atoms with E-state index in [1.54, 1.807) is 0 Å². The molecule has 5 aliphatic rings. The molecule has 1 fully saturated rings. The zero-order valence-electron chi connectivity index (χ0n) is 51.1. The van der Waals surface area contributed by atoms with Crippen molar-refractivity contribution in [1.29, 1.82) is 0 Å². The fourth-order valence-corrected chi connectivity index (χ4v) is 16.6. The highest BCUT2D eigenvalue weighted by molar-refractivity contribution is 7.00. The van der Waals surface area contributed by atoms with Crippen LogP contribution in [0.3, 0.4) is 0 Å². The molecule has 5 nitrogen and oxygen atoms in total. The van der Waals surface area contributed by atoms with Crippen LogP contribution in [0.5, 0.6) is 0 Å². The lowest BCUT2D eigenvalue weighted by Gasteiger charge is -2.51. The van der Waals surface area contributed by atoms with Gasteiger partial charge in [0.2, 0.25) is 0 Å². The third kappa shape index (κ3) is 7.09. The summed E-state index contributed by atoms with van der Waals surface area (Å²) in [6, 6.07) is 65.4. The average molecular weight is 1100 g/mol. The van der Waals surface area contributed by atoms with Crippen molar-refractivity contribution in [2.75, 3.05) is 14.7 Å². The van der Waals surface area contributed by atoms with E-state index in [4.69, 9.17) is 8.83 Å². The second-order valence-corrected chi connectivity index (χ2v) is 29.4. The van der Waals surface area contributed by atoms with E-state index in [0.717, 1.165) is 80.9 Å². The Bertz CT molecular complexity index is 4600. The highest BCUT2D eigenvalue weighted by atomic mass is 16.3. The Balaban J connectivity index is 1.11. The Kier molecular flexibility index (Phi) is 10.7. The van der Waals surface area contributed by atoms with Gasteiger partial charge in [-0.3, -0.25) is 0 Å². The van der Waals surface area contributed by atoms with Crippen LogP contribution in [-0.4, -0.2) is 12.3 Å². The summed E-state index contributed by atoms with van der Waals surface area (Å²) in [5, 5.41) is 4.52. The van der Waals surface area contributed by atoms with Crippen molar-refractivity contribution in [3.63, 3.8) is 0 Å². The minimum absolute atomic E-state index is 0.000491. The normalized spacial score (nSPS) is 20.3. The third-order valence-corrected chi connectivity index (χ3v) is 21.6. The summed E-state index contributed by atoms with van der Waals surface area (Å²) in [6.07, 6.45) is 6.86. The van der Waals surface area contributed by atoms with Gasteiger partial charge in [0.1, 0.15) is 22.3 Å². The molecule has 0 bridgehead atoms. The molecule has 0 amide bonds. The van der Waals surface area contributed by atoms with E-state index in [1.165, 1.54) is 102 Å². The SMILES string of the molecule is CC(C)(C)c1ccc(N2c3cc(N4c5ccc(C(C)(C)C)cc5C5(C)CCCCC45C)cc4c3B(c3cc5c(cc3N4c3cccc4oc6ccccc6c34)C(C)(C)CCC5(C)C)c3ccc4oc5ccccc5c4c32)c(-c2ccccc2)c1. The van der Waals surface area contributed by atoms with Gasteiger partial charge in [-0.05, 0) is 171 Å². The van der Waals surface area contributed by atoms with Crippen LogP contribution in [0.25, 0.3) is 55.0 Å². The van der Waals surface area contributed by atoms with Gasteiger partial charge in [-0.1, -0.05) is 192 Å². The molecule has 418 valence electrons. The molecule has 5 heterocycles. The standard InChI is InChI=1S/C78H76BN3O2/c1-73(2,3)48-31-34-59(53(41-48)47-23-14-13-15-24-47)81-64-44-50(82-60-35-32-49(74(4,5)6)42-56(60)77(11)37-20-21-38-78(77,82)12)43-63-71(64)79(57-33-36-68-70(72(57)81)52-26-17-19-29-66(52)84-68)58-45-54-55(76(9,10)40-39-75(54,7)8)46-62(58)80(63)61-27-22-30-67-69(61)51-25-16-18-28-65(51)83-67/h13-19,22-36,41-46H,20-21,37-40H2,1-12H3. The second kappa shape index (κ2) is 17.3. The molecule has 6 heteroatoms. The van der Waals surface area contributed by atoms with Crippen molar-refractivity contribution in [3.8, 4) is 11.1 Å². The van der Waals surface area contributed by atoms with Crippen molar-refractivity contribution in [2.45, 2.75) is 154 Å². The van der Waals surface area contributed by atoms with Crippen LogP contribution >= 0.6 is 0 Å².